The topological polar surface area (TPSA) is 43.8 Å². The molecule has 4 heteroatoms. The summed E-state index contributed by atoms with van der Waals surface area (Å²) in [4.78, 5) is 16.3. The average molecular weight is 266 g/mol. The zero-order valence-electron chi connectivity index (χ0n) is 11.8. The molecule has 2 aliphatic heterocycles. The first kappa shape index (κ1) is 13.4. The van der Waals surface area contributed by atoms with E-state index in [1.54, 1.807) is 0 Å². The maximum Gasteiger partial charge on any atom is 0.321 e. The van der Waals surface area contributed by atoms with Crippen LogP contribution in [0.5, 0.6) is 0 Å². The SMILES string of the molecule is O=C(O)C1C2CCCC2CN1CCCN1CCCC1. The Bertz CT molecular complexity index is 328. The summed E-state index contributed by atoms with van der Waals surface area (Å²) in [6, 6.07) is -0.189. The fraction of sp³-hybridized carbons (Fsp3) is 0.933. The summed E-state index contributed by atoms with van der Waals surface area (Å²) in [6.45, 7) is 5.64. The lowest BCUT2D eigenvalue weighted by Gasteiger charge is -2.25. The van der Waals surface area contributed by atoms with Crippen LogP contribution in [0.4, 0.5) is 0 Å². The van der Waals surface area contributed by atoms with Gasteiger partial charge in [-0.25, -0.2) is 0 Å². The van der Waals surface area contributed by atoms with Gasteiger partial charge in [0.2, 0.25) is 0 Å². The van der Waals surface area contributed by atoms with Crippen LogP contribution >= 0.6 is 0 Å². The second kappa shape index (κ2) is 5.80. The molecule has 0 radical (unpaired) electrons. The van der Waals surface area contributed by atoms with Gasteiger partial charge in [-0.3, -0.25) is 9.69 Å². The molecule has 0 aromatic rings. The van der Waals surface area contributed by atoms with E-state index in [0.29, 0.717) is 11.8 Å². The number of rotatable bonds is 5. The van der Waals surface area contributed by atoms with E-state index in [0.717, 1.165) is 32.5 Å². The summed E-state index contributed by atoms with van der Waals surface area (Å²) >= 11 is 0. The van der Waals surface area contributed by atoms with Crippen LogP contribution in [0.3, 0.4) is 0 Å². The molecule has 3 aliphatic rings. The largest absolute Gasteiger partial charge is 0.480 e. The number of hydrogen-bond acceptors (Lipinski definition) is 3. The smallest absolute Gasteiger partial charge is 0.321 e. The van der Waals surface area contributed by atoms with E-state index in [-0.39, 0.29) is 6.04 Å². The van der Waals surface area contributed by atoms with Gasteiger partial charge in [0.15, 0.2) is 0 Å². The Balaban J connectivity index is 1.50. The second-order valence-electron chi connectivity index (χ2n) is 6.54. The van der Waals surface area contributed by atoms with Gasteiger partial charge in [-0.05, 0) is 63.6 Å². The average Bonchev–Trinajstić information content (AvgIpc) is 3.02. The molecule has 0 bridgehead atoms. The van der Waals surface area contributed by atoms with Crippen LogP contribution in [0.2, 0.25) is 0 Å². The highest BCUT2D eigenvalue weighted by atomic mass is 16.4. The van der Waals surface area contributed by atoms with Crippen LogP contribution in [0.1, 0.15) is 38.5 Å². The van der Waals surface area contributed by atoms with E-state index in [9.17, 15) is 9.90 Å². The molecule has 3 atom stereocenters. The van der Waals surface area contributed by atoms with Crippen molar-refractivity contribution in [1.29, 1.82) is 0 Å². The fourth-order valence-corrected chi connectivity index (χ4v) is 4.47. The number of fused-ring (bicyclic) bond motifs is 1. The Morgan fingerprint density at radius 2 is 1.89 bits per heavy atom. The maximum absolute atomic E-state index is 11.5. The molecule has 3 rings (SSSR count). The van der Waals surface area contributed by atoms with Gasteiger partial charge in [-0.2, -0.15) is 0 Å². The maximum atomic E-state index is 11.5. The van der Waals surface area contributed by atoms with Crippen molar-refractivity contribution in [2.24, 2.45) is 11.8 Å². The molecule has 2 saturated heterocycles. The van der Waals surface area contributed by atoms with Gasteiger partial charge in [0.1, 0.15) is 6.04 Å². The Hall–Kier alpha value is -0.610. The Morgan fingerprint density at radius 3 is 2.63 bits per heavy atom. The number of likely N-dealkylation sites (tertiary alicyclic amines) is 2. The van der Waals surface area contributed by atoms with E-state index in [1.807, 2.05) is 0 Å². The highest BCUT2D eigenvalue weighted by molar-refractivity contribution is 5.74. The number of carbonyl (C=O) groups is 1. The van der Waals surface area contributed by atoms with Crippen molar-refractivity contribution in [3.05, 3.63) is 0 Å². The van der Waals surface area contributed by atoms with E-state index in [4.69, 9.17) is 0 Å². The van der Waals surface area contributed by atoms with Crippen molar-refractivity contribution < 1.29 is 9.90 Å². The van der Waals surface area contributed by atoms with Crippen LogP contribution in [-0.2, 0) is 4.79 Å². The summed E-state index contributed by atoms with van der Waals surface area (Å²) in [7, 11) is 0. The molecule has 0 aromatic carbocycles. The van der Waals surface area contributed by atoms with Gasteiger partial charge in [-0.1, -0.05) is 6.42 Å². The first-order valence-electron chi connectivity index (χ1n) is 7.95. The minimum atomic E-state index is -0.587. The molecule has 1 N–H and O–H groups in total. The summed E-state index contributed by atoms with van der Waals surface area (Å²) in [5.74, 6) is 0.507. The van der Waals surface area contributed by atoms with Gasteiger partial charge in [0.05, 0.1) is 0 Å². The van der Waals surface area contributed by atoms with Crippen LogP contribution in [-0.4, -0.2) is 59.6 Å². The van der Waals surface area contributed by atoms with Gasteiger partial charge in [0, 0.05) is 13.1 Å². The lowest BCUT2D eigenvalue weighted by atomic mass is 9.94. The quantitative estimate of drug-likeness (QED) is 0.822. The molecule has 0 spiro atoms. The van der Waals surface area contributed by atoms with E-state index < -0.39 is 5.97 Å². The van der Waals surface area contributed by atoms with Gasteiger partial charge in [0.25, 0.3) is 0 Å². The standard InChI is InChI=1S/C15H26N2O2/c18-15(19)14-13-6-3-5-12(13)11-17(14)10-4-9-16-7-1-2-8-16/h12-14H,1-11H2,(H,18,19). The molecule has 1 saturated carbocycles. The summed E-state index contributed by atoms with van der Waals surface area (Å²) in [5.41, 5.74) is 0. The molecule has 19 heavy (non-hydrogen) atoms. The Labute approximate surface area is 115 Å². The van der Waals surface area contributed by atoms with Crippen molar-refractivity contribution >= 4 is 5.97 Å². The number of aliphatic carboxylic acids is 1. The third kappa shape index (κ3) is 2.79. The van der Waals surface area contributed by atoms with E-state index >= 15 is 0 Å². The molecule has 2 heterocycles. The molecule has 108 valence electrons. The zero-order valence-corrected chi connectivity index (χ0v) is 11.8. The first-order chi connectivity index (χ1) is 9.25. The van der Waals surface area contributed by atoms with Crippen LogP contribution in [0, 0.1) is 11.8 Å². The zero-order chi connectivity index (χ0) is 13.2. The third-order valence-corrected chi connectivity index (χ3v) is 5.36. The van der Waals surface area contributed by atoms with E-state index in [2.05, 4.69) is 9.80 Å². The normalized spacial score (nSPS) is 35.9. The minimum absolute atomic E-state index is 0.189. The van der Waals surface area contributed by atoms with Gasteiger partial charge < -0.3 is 10.0 Å². The highest BCUT2D eigenvalue weighted by Crippen LogP contribution is 2.42. The predicted molar refractivity (Wildman–Crippen MR) is 74.1 cm³/mol. The Morgan fingerprint density at radius 1 is 1.11 bits per heavy atom. The summed E-state index contributed by atoms with van der Waals surface area (Å²) in [6.07, 6.45) is 7.42. The molecular weight excluding hydrogens is 240 g/mol. The highest BCUT2D eigenvalue weighted by Gasteiger charge is 2.47. The van der Waals surface area contributed by atoms with Crippen molar-refractivity contribution in [2.45, 2.75) is 44.6 Å². The van der Waals surface area contributed by atoms with Gasteiger partial charge >= 0.3 is 5.97 Å². The number of carboxylic acids is 1. The number of hydrogen-bond donors (Lipinski definition) is 1. The van der Waals surface area contributed by atoms with Gasteiger partial charge in [-0.15, -0.1) is 0 Å². The monoisotopic (exact) mass is 266 g/mol. The van der Waals surface area contributed by atoms with Crippen molar-refractivity contribution in [1.82, 2.24) is 9.80 Å². The number of nitrogens with zero attached hydrogens (tertiary/aromatic N) is 2. The minimum Gasteiger partial charge on any atom is -0.480 e. The molecule has 3 unspecified atom stereocenters. The molecule has 4 nitrogen and oxygen atoms in total. The Kier molecular flexibility index (Phi) is 4.08. The predicted octanol–water partition coefficient (Wildman–Crippen LogP) is 1.66. The molecular formula is C15H26N2O2. The van der Waals surface area contributed by atoms with Crippen LogP contribution in [0.15, 0.2) is 0 Å². The molecule has 0 aromatic heterocycles. The lowest BCUT2D eigenvalue weighted by molar-refractivity contribution is -0.143. The van der Waals surface area contributed by atoms with E-state index in [1.165, 1.54) is 38.8 Å². The summed E-state index contributed by atoms with van der Waals surface area (Å²) in [5, 5.41) is 9.49. The molecule has 3 fully saturated rings. The number of carboxylic acid groups (broad SMARTS) is 1. The van der Waals surface area contributed by atoms with Crippen molar-refractivity contribution in [3.63, 3.8) is 0 Å². The first-order valence-corrected chi connectivity index (χ1v) is 7.95. The van der Waals surface area contributed by atoms with Crippen molar-refractivity contribution in [2.75, 3.05) is 32.7 Å². The third-order valence-electron chi connectivity index (χ3n) is 5.36. The van der Waals surface area contributed by atoms with Crippen LogP contribution in [0.25, 0.3) is 0 Å². The summed E-state index contributed by atoms with van der Waals surface area (Å²) < 4.78 is 0. The van der Waals surface area contributed by atoms with Crippen molar-refractivity contribution in [3.8, 4) is 0 Å². The fourth-order valence-electron chi connectivity index (χ4n) is 4.47. The molecule has 1 aliphatic carbocycles. The molecule has 0 amide bonds. The second-order valence-corrected chi connectivity index (χ2v) is 6.54. The van der Waals surface area contributed by atoms with Crippen LogP contribution < -0.4 is 0 Å². The lowest BCUT2D eigenvalue weighted by Crippen LogP contribution is -2.40.